The normalized spacial score (nSPS) is 11.7. The van der Waals surface area contributed by atoms with Gasteiger partial charge in [-0.25, -0.2) is 0 Å². The lowest BCUT2D eigenvalue weighted by Crippen LogP contribution is -2.55. The fourth-order valence-corrected chi connectivity index (χ4v) is 6.59. The second-order valence-corrected chi connectivity index (χ2v) is 10.4. The monoisotopic (exact) mass is 268 g/mol. The van der Waals surface area contributed by atoms with E-state index < -0.39 is 8.07 Å². The summed E-state index contributed by atoms with van der Waals surface area (Å²) in [6.45, 7) is 13.9. The van der Waals surface area contributed by atoms with Gasteiger partial charge in [0.15, 0.2) is 0 Å². The number of hydrogen-bond acceptors (Lipinski definition) is 0. The summed E-state index contributed by atoms with van der Waals surface area (Å²) in [6, 6.07) is 13.5. The summed E-state index contributed by atoms with van der Waals surface area (Å²) in [6.07, 6.45) is 0. The van der Waals surface area contributed by atoms with Crippen molar-refractivity contribution in [1.29, 1.82) is 0 Å². The van der Waals surface area contributed by atoms with Crippen LogP contribution >= 0.6 is 0 Å². The summed E-state index contributed by atoms with van der Waals surface area (Å²) in [5, 5.41) is 3.14. The van der Waals surface area contributed by atoms with E-state index in [0.717, 1.165) is 0 Å². The van der Waals surface area contributed by atoms with E-state index >= 15 is 0 Å². The van der Waals surface area contributed by atoms with E-state index in [2.05, 4.69) is 77.2 Å². The minimum Gasteiger partial charge on any atom is -0.0623 e. The molecular formula is C18H24Si. The Morgan fingerprint density at radius 3 is 1.37 bits per heavy atom. The highest BCUT2D eigenvalue weighted by atomic mass is 28.3. The Hall–Kier alpha value is -1.34. The van der Waals surface area contributed by atoms with Crippen molar-refractivity contribution in [1.82, 2.24) is 0 Å². The maximum Gasteiger partial charge on any atom is 0.112 e. The molecule has 2 aromatic rings. The highest BCUT2D eigenvalue weighted by molar-refractivity contribution is 7.01. The van der Waals surface area contributed by atoms with Crippen molar-refractivity contribution < 1.29 is 0 Å². The first-order valence-corrected chi connectivity index (χ1v) is 9.99. The second-order valence-electron chi connectivity index (χ2n) is 6.12. The fraction of sp³-hybridized carbons (Fsp3) is 0.333. The van der Waals surface area contributed by atoms with Crippen molar-refractivity contribution in [2.45, 2.75) is 40.8 Å². The first kappa shape index (κ1) is 14.1. The van der Waals surface area contributed by atoms with Gasteiger partial charge in [-0.05, 0) is 49.9 Å². The maximum atomic E-state index is 2.47. The molecular weight excluding hydrogens is 244 g/mol. The van der Waals surface area contributed by atoms with Crippen LogP contribution in [-0.2, 0) is 0 Å². The SMILES string of the molecule is Cc1cccc([Si](C)(C)c2cccc(C)c2C)c1C. The van der Waals surface area contributed by atoms with Crippen LogP contribution in [0.3, 0.4) is 0 Å². The van der Waals surface area contributed by atoms with Crippen molar-refractivity contribution in [2.24, 2.45) is 0 Å². The summed E-state index contributed by atoms with van der Waals surface area (Å²) in [5.74, 6) is 0. The van der Waals surface area contributed by atoms with E-state index in [1.54, 1.807) is 10.4 Å². The Morgan fingerprint density at radius 2 is 1.00 bits per heavy atom. The Balaban J connectivity index is 2.65. The number of aryl methyl sites for hydroxylation is 2. The Kier molecular flexibility index (Phi) is 3.68. The van der Waals surface area contributed by atoms with Gasteiger partial charge in [-0.1, -0.05) is 59.9 Å². The molecule has 0 aromatic heterocycles. The Labute approximate surface area is 118 Å². The molecule has 0 saturated carbocycles. The van der Waals surface area contributed by atoms with Crippen LogP contribution in [0.2, 0.25) is 13.1 Å². The molecule has 0 heterocycles. The summed E-state index contributed by atoms with van der Waals surface area (Å²) in [5.41, 5.74) is 5.76. The standard InChI is InChI=1S/C18H24Si/c1-13-9-7-11-17(15(13)3)19(5,6)18-12-8-10-14(2)16(18)4/h7-12H,1-6H3. The van der Waals surface area contributed by atoms with E-state index in [1.165, 1.54) is 22.3 Å². The van der Waals surface area contributed by atoms with Crippen molar-refractivity contribution in [3.8, 4) is 0 Å². The molecule has 0 spiro atoms. The van der Waals surface area contributed by atoms with E-state index in [-0.39, 0.29) is 0 Å². The van der Waals surface area contributed by atoms with Crippen LogP contribution in [0.5, 0.6) is 0 Å². The summed E-state index contributed by atoms with van der Waals surface area (Å²) in [7, 11) is -1.61. The quantitative estimate of drug-likeness (QED) is 0.728. The molecule has 0 aliphatic carbocycles. The molecule has 2 aromatic carbocycles. The second kappa shape index (κ2) is 4.97. The molecule has 0 aliphatic heterocycles. The molecule has 0 atom stereocenters. The van der Waals surface area contributed by atoms with Crippen LogP contribution < -0.4 is 10.4 Å². The van der Waals surface area contributed by atoms with Crippen LogP contribution in [0.25, 0.3) is 0 Å². The van der Waals surface area contributed by atoms with Gasteiger partial charge in [-0.15, -0.1) is 0 Å². The first-order chi connectivity index (χ1) is 8.85. The third-order valence-electron chi connectivity index (χ3n) is 4.56. The van der Waals surface area contributed by atoms with Crippen molar-refractivity contribution >= 4 is 18.4 Å². The predicted molar refractivity (Wildman–Crippen MR) is 88.6 cm³/mol. The topological polar surface area (TPSA) is 0 Å². The minimum atomic E-state index is -1.61. The van der Waals surface area contributed by atoms with Gasteiger partial charge < -0.3 is 0 Å². The van der Waals surface area contributed by atoms with E-state index in [4.69, 9.17) is 0 Å². The van der Waals surface area contributed by atoms with Crippen LogP contribution in [0.4, 0.5) is 0 Å². The third-order valence-corrected chi connectivity index (χ3v) is 8.33. The largest absolute Gasteiger partial charge is 0.112 e. The van der Waals surface area contributed by atoms with Gasteiger partial charge in [0.2, 0.25) is 0 Å². The molecule has 0 aliphatic rings. The van der Waals surface area contributed by atoms with Gasteiger partial charge in [0, 0.05) is 0 Å². The molecule has 19 heavy (non-hydrogen) atoms. The number of hydrogen-bond donors (Lipinski definition) is 0. The van der Waals surface area contributed by atoms with Gasteiger partial charge in [-0.3, -0.25) is 0 Å². The highest BCUT2D eigenvalue weighted by Crippen LogP contribution is 2.14. The zero-order valence-corrected chi connectivity index (χ0v) is 14.0. The van der Waals surface area contributed by atoms with E-state index in [1.807, 2.05) is 0 Å². The average molecular weight is 268 g/mol. The molecule has 0 nitrogen and oxygen atoms in total. The average Bonchev–Trinajstić information content (AvgIpc) is 2.35. The highest BCUT2D eigenvalue weighted by Gasteiger charge is 2.29. The Morgan fingerprint density at radius 1 is 0.632 bits per heavy atom. The van der Waals surface area contributed by atoms with Crippen LogP contribution in [-0.4, -0.2) is 8.07 Å². The molecule has 0 unspecified atom stereocenters. The zero-order valence-electron chi connectivity index (χ0n) is 13.0. The third kappa shape index (κ3) is 2.39. The molecule has 2 rings (SSSR count). The lowest BCUT2D eigenvalue weighted by atomic mass is 10.1. The minimum absolute atomic E-state index is 1.41. The molecule has 1 heteroatoms. The molecule has 0 radical (unpaired) electrons. The lowest BCUT2D eigenvalue weighted by molar-refractivity contribution is 1.34. The summed E-state index contributed by atoms with van der Waals surface area (Å²) >= 11 is 0. The fourth-order valence-electron chi connectivity index (χ4n) is 3.00. The van der Waals surface area contributed by atoms with Crippen molar-refractivity contribution in [3.63, 3.8) is 0 Å². The van der Waals surface area contributed by atoms with Crippen LogP contribution in [0.15, 0.2) is 36.4 Å². The van der Waals surface area contributed by atoms with Crippen LogP contribution in [0, 0.1) is 27.7 Å². The number of benzene rings is 2. The molecule has 100 valence electrons. The van der Waals surface area contributed by atoms with E-state index in [0.29, 0.717) is 0 Å². The van der Waals surface area contributed by atoms with Crippen molar-refractivity contribution in [2.75, 3.05) is 0 Å². The molecule has 0 fully saturated rings. The van der Waals surface area contributed by atoms with Crippen LogP contribution in [0.1, 0.15) is 22.3 Å². The molecule has 0 bridgehead atoms. The van der Waals surface area contributed by atoms with Crippen molar-refractivity contribution in [3.05, 3.63) is 58.7 Å². The lowest BCUT2D eigenvalue weighted by Gasteiger charge is -2.28. The van der Waals surface area contributed by atoms with E-state index in [9.17, 15) is 0 Å². The maximum absolute atomic E-state index is 2.47. The predicted octanol–water partition coefficient (Wildman–Crippen LogP) is 3.74. The molecule has 0 saturated heterocycles. The van der Waals surface area contributed by atoms with Gasteiger partial charge >= 0.3 is 0 Å². The molecule has 0 amide bonds. The molecule has 0 N–H and O–H groups in total. The summed E-state index contributed by atoms with van der Waals surface area (Å²) in [4.78, 5) is 0. The Bertz CT molecular complexity index is 556. The van der Waals surface area contributed by atoms with Gasteiger partial charge in [0.1, 0.15) is 8.07 Å². The number of rotatable bonds is 2. The smallest absolute Gasteiger partial charge is 0.0623 e. The van der Waals surface area contributed by atoms with Gasteiger partial charge in [-0.2, -0.15) is 0 Å². The van der Waals surface area contributed by atoms with Gasteiger partial charge in [0.25, 0.3) is 0 Å². The zero-order chi connectivity index (χ0) is 14.2. The van der Waals surface area contributed by atoms with Gasteiger partial charge in [0.05, 0.1) is 0 Å². The summed E-state index contributed by atoms with van der Waals surface area (Å²) < 4.78 is 0. The first-order valence-electron chi connectivity index (χ1n) is 6.99.